The van der Waals surface area contributed by atoms with Crippen LogP contribution in [0.2, 0.25) is 0 Å². The largest absolute Gasteiger partial charge is 0.573 e. The highest BCUT2D eigenvalue weighted by molar-refractivity contribution is 6.08. The Hall–Kier alpha value is -1.78. The van der Waals surface area contributed by atoms with Crippen LogP contribution in [0.15, 0.2) is 35.9 Å². The Bertz CT molecular complexity index is 501. The molecule has 2 rings (SSSR count). The fourth-order valence-corrected chi connectivity index (χ4v) is 2.21. The molecule has 1 aliphatic rings. The standard InChI is InChI=1S/C15H15F3O2/c16-15(17,18)20-13-9-7-12(8-10-13)14(19)11-5-3-1-2-4-6-11/h5,7-10H,1-4,6H2. The van der Waals surface area contributed by atoms with Crippen LogP contribution in [0.25, 0.3) is 0 Å². The van der Waals surface area contributed by atoms with Gasteiger partial charge in [0.1, 0.15) is 5.75 Å². The summed E-state index contributed by atoms with van der Waals surface area (Å²) in [4.78, 5) is 12.2. The maximum Gasteiger partial charge on any atom is 0.573 e. The summed E-state index contributed by atoms with van der Waals surface area (Å²) in [6.45, 7) is 0. The second-order valence-electron chi connectivity index (χ2n) is 4.73. The van der Waals surface area contributed by atoms with Crippen molar-refractivity contribution in [2.24, 2.45) is 0 Å². The number of alkyl halides is 3. The first kappa shape index (κ1) is 14.6. The Balaban J connectivity index is 2.09. The number of halogens is 3. The molecule has 0 fully saturated rings. The summed E-state index contributed by atoms with van der Waals surface area (Å²) < 4.78 is 39.9. The van der Waals surface area contributed by atoms with E-state index in [2.05, 4.69) is 4.74 Å². The highest BCUT2D eigenvalue weighted by atomic mass is 19.4. The van der Waals surface area contributed by atoms with Gasteiger partial charge < -0.3 is 4.74 Å². The minimum Gasteiger partial charge on any atom is -0.406 e. The monoisotopic (exact) mass is 284 g/mol. The fraction of sp³-hybridized carbons (Fsp3) is 0.400. The number of carbonyl (C=O) groups is 1. The molecular formula is C15H15F3O2. The molecule has 5 heteroatoms. The summed E-state index contributed by atoms with van der Waals surface area (Å²) in [7, 11) is 0. The molecular weight excluding hydrogens is 269 g/mol. The Labute approximate surface area is 115 Å². The summed E-state index contributed by atoms with van der Waals surface area (Å²) in [6, 6.07) is 5.07. The number of Topliss-reactive ketones (excluding diaryl/α,β-unsaturated/α-hetero) is 1. The average Bonchev–Trinajstić information content (AvgIpc) is 2.66. The van der Waals surface area contributed by atoms with E-state index in [-0.39, 0.29) is 11.5 Å². The lowest BCUT2D eigenvalue weighted by Gasteiger charge is -2.09. The number of hydrogen-bond acceptors (Lipinski definition) is 2. The van der Waals surface area contributed by atoms with Crippen LogP contribution in [0, 0.1) is 0 Å². The third-order valence-electron chi connectivity index (χ3n) is 3.18. The number of carbonyl (C=O) groups excluding carboxylic acids is 1. The molecule has 1 aromatic carbocycles. The summed E-state index contributed by atoms with van der Waals surface area (Å²) >= 11 is 0. The lowest BCUT2D eigenvalue weighted by Crippen LogP contribution is -2.17. The van der Waals surface area contributed by atoms with Crippen molar-refractivity contribution in [1.82, 2.24) is 0 Å². The van der Waals surface area contributed by atoms with Crippen LogP contribution in [0.5, 0.6) is 5.75 Å². The number of benzene rings is 1. The number of allylic oxidation sites excluding steroid dienone is 2. The van der Waals surface area contributed by atoms with Crippen LogP contribution < -0.4 is 4.74 Å². The lowest BCUT2D eigenvalue weighted by atomic mass is 9.99. The zero-order valence-electron chi connectivity index (χ0n) is 10.9. The third kappa shape index (κ3) is 4.11. The van der Waals surface area contributed by atoms with Gasteiger partial charge in [0.15, 0.2) is 5.78 Å². The smallest absolute Gasteiger partial charge is 0.406 e. The SMILES string of the molecule is O=C(C1=CCCCCC1)c1ccc(OC(F)(F)F)cc1. The molecule has 1 aliphatic carbocycles. The minimum atomic E-state index is -4.71. The lowest BCUT2D eigenvalue weighted by molar-refractivity contribution is -0.274. The van der Waals surface area contributed by atoms with Crippen molar-refractivity contribution in [3.63, 3.8) is 0 Å². The number of ether oxygens (including phenoxy) is 1. The Morgan fingerprint density at radius 1 is 1.05 bits per heavy atom. The van der Waals surface area contributed by atoms with E-state index >= 15 is 0 Å². The molecule has 0 spiro atoms. The molecule has 0 aromatic heterocycles. The van der Waals surface area contributed by atoms with Crippen LogP contribution in [0.4, 0.5) is 13.2 Å². The highest BCUT2D eigenvalue weighted by Gasteiger charge is 2.31. The molecule has 2 nitrogen and oxygen atoms in total. The predicted octanol–water partition coefficient (Wildman–Crippen LogP) is 4.66. The first-order valence-corrected chi connectivity index (χ1v) is 6.55. The maximum absolute atomic E-state index is 12.2. The van der Waals surface area contributed by atoms with Crippen molar-refractivity contribution >= 4 is 5.78 Å². The summed E-state index contributed by atoms with van der Waals surface area (Å²) in [5.41, 5.74) is 1.15. The molecule has 0 amide bonds. The summed E-state index contributed by atoms with van der Waals surface area (Å²) in [5.74, 6) is -0.422. The molecule has 0 bridgehead atoms. The normalized spacial score (nSPS) is 16.2. The van der Waals surface area contributed by atoms with Gasteiger partial charge in [-0.3, -0.25) is 4.79 Å². The quantitative estimate of drug-likeness (QED) is 0.755. The summed E-state index contributed by atoms with van der Waals surface area (Å²) in [6.07, 6.45) is 2.01. The van der Waals surface area contributed by atoms with E-state index in [1.54, 1.807) is 0 Å². The van der Waals surface area contributed by atoms with E-state index < -0.39 is 6.36 Å². The molecule has 0 radical (unpaired) electrons. The van der Waals surface area contributed by atoms with Crippen molar-refractivity contribution in [2.45, 2.75) is 38.5 Å². The van der Waals surface area contributed by atoms with Crippen molar-refractivity contribution < 1.29 is 22.7 Å². The number of ketones is 1. The first-order chi connectivity index (χ1) is 9.46. The molecule has 0 heterocycles. The van der Waals surface area contributed by atoms with Crippen molar-refractivity contribution in [3.8, 4) is 5.75 Å². The number of hydrogen-bond donors (Lipinski definition) is 0. The molecule has 0 N–H and O–H groups in total. The van der Waals surface area contributed by atoms with Crippen molar-refractivity contribution in [2.75, 3.05) is 0 Å². The van der Waals surface area contributed by atoms with Gasteiger partial charge in [-0.15, -0.1) is 13.2 Å². The predicted molar refractivity (Wildman–Crippen MR) is 68.6 cm³/mol. The zero-order valence-corrected chi connectivity index (χ0v) is 10.9. The highest BCUT2D eigenvalue weighted by Crippen LogP contribution is 2.25. The summed E-state index contributed by atoms with van der Waals surface area (Å²) in [5, 5.41) is 0. The van der Waals surface area contributed by atoms with Crippen molar-refractivity contribution in [1.29, 1.82) is 0 Å². The number of rotatable bonds is 3. The molecule has 0 saturated heterocycles. The van der Waals surface area contributed by atoms with Gasteiger partial charge in [0.2, 0.25) is 0 Å². The second kappa shape index (κ2) is 6.11. The van der Waals surface area contributed by atoms with Crippen LogP contribution in [-0.2, 0) is 0 Å². The van der Waals surface area contributed by atoms with Crippen LogP contribution in [0.1, 0.15) is 42.5 Å². The van der Waals surface area contributed by atoms with Crippen LogP contribution in [0.3, 0.4) is 0 Å². The molecule has 108 valence electrons. The molecule has 0 saturated carbocycles. The van der Waals surface area contributed by atoms with E-state index in [4.69, 9.17) is 0 Å². The molecule has 0 unspecified atom stereocenters. The van der Waals surface area contributed by atoms with Gasteiger partial charge in [0.05, 0.1) is 0 Å². The minimum absolute atomic E-state index is 0.106. The van der Waals surface area contributed by atoms with Crippen LogP contribution >= 0.6 is 0 Å². The fourth-order valence-electron chi connectivity index (χ4n) is 2.21. The van der Waals surface area contributed by atoms with Gasteiger partial charge in [-0.05, 0) is 55.5 Å². The second-order valence-corrected chi connectivity index (χ2v) is 4.73. The Morgan fingerprint density at radius 2 is 1.75 bits per heavy atom. The Morgan fingerprint density at radius 3 is 2.40 bits per heavy atom. The van der Waals surface area contributed by atoms with Gasteiger partial charge >= 0.3 is 6.36 Å². The first-order valence-electron chi connectivity index (χ1n) is 6.55. The van der Waals surface area contributed by atoms with Crippen LogP contribution in [-0.4, -0.2) is 12.1 Å². The van der Waals surface area contributed by atoms with Gasteiger partial charge in [-0.25, -0.2) is 0 Å². The molecule has 1 aromatic rings. The molecule has 0 atom stereocenters. The van der Waals surface area contributed by atoms with Gasteiger partial charge in [0.25, 0.3) is 0 Å². The third-order valence-corrected chi connectivity index (χ3v) is 3.18. The van der Waals surface area contributed by atoms with E-state index in [1.807, 2.05) is 6.08 Å². The van der Waals surface area contributed by atoms with Gasteiger partial charge in [-0.2, -0.15) is 0 Å². The van der Waals surface area contributed by atoms with E-state index in [9.17, 15) is 18.0 Å². The zero-order chi connectivity index (χ0) is 14.6. The maximum atomic E-state index is 12.2. The van der Waals surface area contributed by atoms with Gasteiger partial charge in [-0.1, -0.05) is 12.5 Å². The molecule has 0 aliphatic heterocycles. The molecule has 20 heavy (non-hydrogen) atoms. The van der Waals surface area contributed by atoms with E-state index in [1.165, 1.54) is 12.1 Å². The topological polar surface area (TPSA) is 26.3 Å². The van der Waals surface area contributed by atoms with Crippen molar-refractivity contribution in [3.05, 3.63) is 41.5 Å². The van der Waals surface area contributed by atoms with E-state index in [0.29, 0.717) is 5.56 Å². The van der Waals surface area contributed by atoms with E-state index in [0.717, 1.165) is 49.8 Å². The average molecular weight is 284 g/mol. The Kier molecular flexibility index (Phi) is 4.47. The van der Waals surface area contributed by atoms with Gasteiger partial charge in [0, 0.05) is 5.56 Å².